The maximum atomic E-state index is 13.8. The predicted molar refractivity (Wildman–Crippen MR) is 104 cm³/mol. The molecule has 0 aliphatic carbocycles. The van der Waals surface area contributed by atoms with Gasteiger partial charge in [0.15, 0.2) is 0 Å². The van der Waals surface area contributed by atoms with Crippen molar-refractivity contribution >= 4 is 28.4 Å². The number of amides is 2. The molecule has 2 amide bonds. The molecular formula is C19H16F5N3O4S. The number of rotatable bonds is 4. The first-order chi connectivity index (χ1) is 15.0. The molecule has 1 heterocycles. The van der Waals surface area contributed by atoms with E-state index in [9.17, 15) is 40.0 Å². The number of alkyl halides is 3. The van der Waals surface area contributed by atoms with Crippen LogP contribution >= 0.6 is 0 Å². The van der Waals surface area contributed by atoms with E-state index in [0.717, 1.165) is 35.2 Å². The van der Waals surface area contributed by atoms with Crippen LogP contribution in [0.5, 0.6) is 0 Å². The zero-order chi connectivity index (χ0) is 23.6. The summed E-state index contributed by atoms with van der Waals surface area (Å²) in [5.41, 5.74) is -3.09. The molecule has 1 aliphatic heterocycles. The molecule has 172 valence electrons. The highest BCUT2D eigenvalue weighted by atomic mass is 32.2. The third kappa shape index (κ3) is 4.98. The number of carbonyl (C=O) groups excluding carboxylic acids is 2. The van der Waals surface area contributed by atoms with Crippen LogP contribution < -0.4 is 4.72 Å². The van der Waals surface area contributed by atoms with Gasteiger partial charge < -0.3 is 9.80 Å². The molecule has 32 heavy (non-hydrogen) atoms. The number of anilines is 1. The van der Waals surface area contributed by atoms with Gasteiger partial charge in [-0.05, 0) is 30.3 Å². The monoisotopic (exact) mass is 477 g/mol. The Kier molecular flexibility index (Phi) is 6.67. The molecule has 0 unspecified atom stereocenters. The molecule has 1 aliphatic rings. The highest BCUT2D eigenvalue weighted by molar-refractivity contribution is 7.73. The second-order valence-electron chi connectivity index (χ2n) is 6.81. The summed E-state index contributed by atoms with van der Waals surface area (Å²) in [5, 5.41) is 0. The van der Waals surface area contributed by atoms with Crippen molar-refractivity contribution < 1.29 is 40.0 Å². The van der Waals surface area contributed by atoms with E-state index in [1.165, 1.54) is 4.90 Å². The van der Waals surface area contributed by atoms with E-state index in [1.54, 1.807) is 4.72 Å². The molecule has 0 radical (unpaired) electrons. The van der Waals surface area contributed by atoms with Crippen LogP contribution in [0.2, 0.25) is 0 Å². The van der Waals surface area contributed by atoms with Gasteiger partial charge in [0.2, 0.25) is 10.9 Å². The lowest BCUT2D eigenvalue weighted by Crippen LogP contribution is -2.50. The molecule has 1 saturated heterocycles. The van der Waals surface area contributed by atoms with Crippen LogP contribution in [-0.2, 0) is 17.1 Å². The van der Waals surface area contributed by atoms with Gasteiger partial charge in [-0.3, -0.25) is 14.3 Å². The predicted octanol–water partition coefficient (Wildman–Crippen LogP) is 2.52. The first-order valence-corrected chi connectivity index (χ1v) is 10.3. The number of benzene rings is 2. The normalized spacial score (nSPS) is 14.6. The van der Waals surface area contributed by atoms with Gasteiger partial charge in [0, 0.05) is 31.7 Å². The van der Waals surface area contributed by atoms with E-state index in [1.807, 2.05) is 0 Å². The standard InChI is InChI=1S/C19H16F5N3O4S/c20-13-2-1-3-14(21)16(13)18(29)27-8-6-26(7-9-27)17(28)11-4-5-15(25-32(30)31)12(10-11)19(22,23)24/h1-5,10,32H,6-9H2,(H,25,30,31). The molecule has 1 N–H and O–H groups in total. The maximum Gasteiger partial charge on any atom is 0.418 e. The van der Waals surface area contributed by atoms with Crippen LogP contribution in [0.15, 0.2) is 36.4 Å². The van der Waals surface area contributed by atoms with Gasteiger partial charge in [-0.2, -0.15) is 13.2 Å². The Morgan fingerprint density at radius 3 is 1.91 bits per heavy atom. The lowest BCUT2D eigenvalue weighted by Gasteiger charge is -2.35. The quantitative estimate of drug-likeness (QED) is 0.524. The van der Waals surface area contributed by atoms with Gasteiger partial charge in [0.1, 0.15) is 17.2 Å². The lowest BCUT2D eigenvalue weighted by atomic mass is 10.1. The summed E-state index contributed by atoms with van der Waals surface area (Å²) >= 11 is 0. The Labute approximate surface area is 180 Å². The average molecular weight is 477 g/mol. The average Bonchev–Trinajstić information content (AvgIpc) is 2.72. The Morgan fingerprint density at radius 2 is 1.41 bits per heavy atom. The summed E-state index contributed by atoms with van der Waals surface area (Å²) in [4.78, 5) is 27.4. The van der Waals surface area contributed by atoms with Crippen molar-refractivity contribution in [1.82, 2.24) is 9.80 Å². The SMILES string of the molecule is O=C(c1ccc(N[SH](=O)=O)c(C(F)(F)F)c1)N1CCN(C(=O)c2c(F)cccc2F)CC1. The number of hydrogen-bond donors (Lipinski definition) is 2. The maximum absolute atomic E-state index is 13.8. The molecule has 7 nitrogen and oxygen atoms in total. The van der Waals surface area contributed by atoms with Crippen molar-refractivity contribution in [3.63, 3.8) is 0 Å². The van der Waals surface area contributed by atoms with Gasteiger partial charge in [0.05, 0.1) is 11.3 Å². The third-order valence-corrected chi connectivity index (χ3v) is 5.24. The summed E-state index contributed by atoms with van der Waals surface area (Å²) in [7, 11) is -3.35. The first kappa shape index (κ1) is 23.4. The van der Waals surface area contributed by atoms with E-state index in [4.69, 9.17) is 0 Å². The molecule has 0 atom stereocenters. The van der Waals surface area contributed by atoms with Crippen molar-refractivity contribution in [1.29, 1.82) is 0 Å². The summed E-state index contributed by atoms with van der Waals surface area (Å²) < 4.78 is 90.7. The van der Waals surface area contributed by atoms with E-state index in [2.05, 4.69) is 0 Å². The van der Waals surface area contributed by atoms with E-state index >= 15 is 0 Å². The number of halogens is 5. The van der Waals surface area contributed by atoms with E-state index in [-0.39, 0.29) is 31.7 Å². The fourth-order valence-corrected chi connectivity index (χ4v) is 3.65. The van der Waals surface area contributed by atoms with E-state index < -0.39 is 57.3 Å². The van der Waals surface area contributed by atoms with Crippen molar-refractivity contribution in [3.05, 3.63) is 64.7 Å². The van der Waals surface area contributed by atoms with Gasteiger partial charge >= 0.3 is 6.18 Å². The zero-order valence-electron chi connectivity index (χ0n) is 16.2. The number of carbonyl (C=O) groups is 2. The van der Waals surface area contributed by atoms with Gasteiger partial charge in [-0.1, -0.05) is 6.07 Å². The van der Waals surface area contributed by atoms with Crippen LogP contribution in [0.1, 0.15) is 26.3 Å². The topological polar surface area (TPSA) is 86.8 Å². The Bertz CT molecular complexity index is 1100. The lowest BCUT2D eigenvalue weighted by molar-refractivity contribution is -0.136. The fraction of sp³-hybridized carbons (Fsp3) is 0.263. The van der Waals surface area contributed by atoms with Crippen molar-refractivity contribution in [2.75, 3.05) is 30.9 Å². The van der Waals surface area contributed by atoms with Crippen LogP contribution in [-0.4, -0.2) is 56.2 Å². The van der Waals surface area contributed by atoms with Gasteiger partial charge in [0.25, 0.3) is 11.8 Å². The molecular weight excluding hydrogens is 461 g/mol. The Hall–Kier alpha value is -3.22. The minimum Gasteiger partial charge on any atom is -0.335 e. The van der Waals surface area contributed by atoms with Crippen LogP contribution in [0.4, 0.5) is 27.6 Å². The molecule has 1 fully saturated rings. The summed E-state index contributed by atoms with van der Waals surface area (Å²) in [6, 6.07) is 5.41. The molecule has 2 aromatic carbocycles. The Balaban J connectivity index is 1.75. The van der Waals surface area contributed by atoms with Crippen LogP contribution in [0.25, 0.3) is 0 Å². The van der Waals surface area contributed by atoms with Crippen LogP contribution in [0, 0.1) is 11.6 Å². The van der Waals surface area contributed by atoms with Gasteiger partial charge in [-0.15, -0.1) is 0 Å². The molecule has 0 spiro atoms. The smallest absolute Gasteiger partial charge is 0.335 e. The van der Waals surface area contributed by atoms with Crippen LogP contribution in [0.3, 0.4) is 0 Å². The summed E-state index contributed by atoms with van der Waals surface area (Å²) in [6.45, 7) is -0.315. The molecule has 2 aromatic rings. The first-order valence-electron chi connectivity index (χ1n) is 9.14. The summed E-state index contributed by atoms with van der Waals surface area (Å²) in [5.74, 6) is -3.71. The highest BCUT2D eigenvalue weighted by Gasteiger charge is 2.35. The van der Waals surface area contributed by atoms with Crippen molar-refractivity contribution in [3.8, 4) is 0 Å². The number of thiol groups is 1. The minimum atomic E-state index is -4.92. The largest absolute Gasteiger partial charge is 0.418 e. The fourth-order valence-electron chi connectivity index (χ4n) is 3.26. The molecule has 0 aromatic heterocycles. The zero-order valence-corrected chi connectivity index (χ0v) is 17.1. The minimum absolute atomic E-state index is 0.0750. The molecule has 0 saturated carbocycles. The third-order valence-electron chi connectivity index (χ3n) is 4.81. The van der Waals surface area contributed by atoms with Gasteiger partial charge in [-0.25, -0.2) is 17.2 Å². The summed E-state index contributed by atoms with van der Waals surface area (Å²) in [6.07, 6.45) is -4.92. The van der Waals surface area contributed by atoms with E-state index in [0.29, 0.717) is 6.07 Å². The second-order valence-corrected chi connectivity index (χ2v) is 7.55. The second kappa shape index (κ2) is 9.10. The Morgan fingerprint density at radius 1 is 0.875 bits per heavy atom. The molecule has 3 rings (SSSR count). The number of piperazine rings is 1. The molecule has 0 bridgehead atoms. The van der Waals surface area contributed by atoms with Crippen molar-refractivity contribution in [2.24, 2.45) is 0 Å². The number of nitrogens with zero attached hydrogens (tertiary/aromatic N) is 2. The van der Waals surface area contributed by atoms with Crippen molar-refractivity contribution in [2.45, 2.75) is 6.18 Å². The number of nitrogens with one attached hydrogen (secondary N) is 1. The molecule has 13 heteroatoms. The highest BCUT2D eigenvalue weighted by Crippen LogP contribution is 2.35. The number of hydrogen-bond acceptors (Lipinski definition) is 4.